The molecule has 154 valence electrons. The summed E-state index contributed by atoms with van der Waals surface area (Å²) in [7, 11) is 0. The lowest BCUT2D eigenvalue weighted by molar-refractivity contribution is -0.168. The fourth-order valence-electron chi connectivity index (χ4n) is 8.30. The zero-order chi connectivity index (χ0) is 19.7. The Kier molecular flexibility index (Phi) is 4.07. The summed E-state index contributed by atoms with van der Waals surface area (Å²) in [6, 6.07) is 0. The lowest BCUT2D eigenvalue weighted by Gasteiger charge is -2.59. The van der Waals surface area contributed by atoms with Crippen molar-refractivity contribution in [3.8, 4) is 0 Å². The number of ether oxygens (including phenoxy) is 2. The van der Waals surface area contributed by atoms with Crippen molar-refractivity contribution in [3.05, 3.63) is 11.6 Å². The minimum atomic E-state index is -0.177. The van der Waals surface area contributed by atoms with Crippen molar-refractivity contribution < 1.29 is 19.1 Å². The molecule has 0 amide bonds. The van der Waals surface area contributed by atoms with Crippen LogP contribution >= 0.6 is 0 Å². The average molecular weight is 387 g/mol. The summed E-state index contributed by atoms with van der Waals surface area (Å²) in [4.78, 5) is 23.4. The number of allylic oxidation sites excluding steroid dienone is 1. The van der Waals surface area contributed by atoms with E-state index < -0.39 is 0 Å². The molecule has 0 aromatic rings. The zero-order valence-corrected chi connectivity index (χ0v) is 17.6. The normalized spacial score (nSPS) is 49.7. The van der Waals surface area contributed by atoms with Gasteiger partial charge in [0, 0.05) is 18.8 Å². The maximum absolute atomic E-state index is 12.0. The first kappa shape index (κ1) is 18.7. The van der Waals surface area contributed by atoms with Gasteiger partial charge in [-0.2, -0.15) is 0 Å². The van der Waals surface area contributed by atoms with Crippen molar-refractivity contribution in [2.75, 3.05) is 0 Å². The van der Waals surface area contributed by atoms with Gasteiger partial charge < -0.3 is 9.47 Å². The fraction of sp³-hybridized carbons (Fsp3) is 0.833. The highest BCUT2D eigenvalue weighted by molar-refractivity contribution is 5.72. The quantitative estimate of drug-likeness (QED) is 0.472. The van der Waals surface area contributed by atoms with Gasteiger partial charge in [-0.05, 0) is 87.0 Å². The molecule has 3 saturated carbocycles. The molecule has 28 heavy (non-hydrogen) atoms. The molecule has 4 heteroatoms. The summed E-state index contributed by atoms with van der Waals surface area (Å²) in [6.45, 7) is 6.42. The van der Waals surface area contributed by atoms with Crippen molar-refractivity contribution in [2.24, 2.45) is 28.6 Å². The molecule has 1 aliphatic heterocycles. The second-order valence-corrected chi connectivity index (χ2v) is 10.7. The first-order chi connectivity index (χ1) is 13.3. The first-order valence-corrected chi connectivity index (χ1v) is 11.4. The SMILES string of the molecule is CC(=O)O[C@H]1C=C2CC[C@@H]3[C@H]4CC[C@]5(CCC(=O)O5)[C@@]4(C)CC[C@H]3[C@]2(C)CC1. The van der Waals surface area contributed by atoms with Gasteiger partial charge in [-0.15, -0.1) is 0 Å². The van der Waals surface area contributed by atoms with Crippen molar-refractivity contribution in [1.82, 2.24) is 0 Å². The predicted octanol–water partition coefficient (Wildman–Crippen LogP) is 4.96. The van der Waals surface area contributed by atoms with Gasteiger partial charge in [-0.1, -0.05) is 19.4 Å². The van der Waals surface area contributed by atoms with Crippen LogP contribution in [0.2, 0.25) is 0 Å². The molecule has 0 radical (unpaired) electrons. The molecule has 5 aliphatic rings. The number of carbonyl (C=O) groups is 2. The summed E-state index contributed by atoms with van der Waals surface area (Å²) >= 11 is 0. The van der Waals surface area contributed by atoms with E-state index in [1.54, 1.807) is 0 Å². The molecule has 4 nitrogen and oxygen atoms in total. The van der Waals surface area contributed by atoms with Crippen LogP contribution in [0.15, 0.2) is 11.6 Å². The average Bonchev–Trinajstić information content (AvgIpc) is 3.16. The maximum atomic E-state index is 12.0. The summed E-state index contributed by atoms with van der Waals surface area (Å²) in [5.74, 6) is 1.99. The predicted molar refractivity (Wildman–Crippen MR) is 105 cm³/mol. The minimum absolute atomic E-state index is 0.0219. The summed E-state index contributed by atoms with van der Waals surface area (Å²) in [6.07, 6.45) is 13.0. The van der Waals surface area contributed by atoms with Gasteiger partial charge in [0.1, 0.15) is 11.7 Å². The van der Waals surface area contributed by atoms with E-state index in [1.165, 1.54) is 38.2 Å². The largest absolute Gasteiger partial charge is 0.458 e. The highest BCUT2D eigenvalue weighted by Crippen LogP contribution is 2.69. The molecule has 1 heterocycles. The van der Waals surface area contributed by atoms with E-state index >= 15 is 0 Å². The van der Waals surface area contributed by atoms with Crippen molar-refractivity contribution >= 4 is 11.9 Å². The van der Waals surface area contributed by atoms with Gasteiger partial charge in [0.2, 0.25) is 0 Å². The molecule has 0 aromatic heterocycles. The Morgan fingerprint density at radius 2 is 1.82 bits per heavy atom. The molecule has 4 fully saturated rings. The van der Waals surface area contributed by atoms with Crippen LogP contribution in [0.4, 0.5) is 0 Å². The minimum Gasteiger partial charge on any atom is -0.458 e. The molecule has 0 aromatic carbocycles. The summed E-state index contributed by atoms with van der Waals surface area (Å²) < 4.78 is 11.6. The molecule has 4 aliphatic carbocycles. The van der Waals surface area contributed by atoms with Crippen LogP contribution in [-0.2, 0) is 19.1 Å². The maximum Gasteiger partial charge on any atom is 0.306 e. The van der Waals surface area contributed by atoms with Crippen LogP contribution in [0, 0.1) is 28.6 Å². The number of hydrogen-bond donors (Lipinski definition) is 0. The molecule has 1 spiro atoms. The molecular weight excluding hydrogens is 352 g/mol. The number of fused-ring (bicyclic) bond motifs is 6. The second kappa shape index (κ2) is 6.09. The number of carbonyl (C=O) groups excluding carboxylic acids is 2. The van der Waals surface area contributed by atoms with Crippen LogP contribution < -0.4 is 0 Å². The molecular formula is C24H34O4. The van der Waals surface area contributed by atoms with E-state index in [0.29, 0.717) is 12.3 Å². The van der Waals surface area contributed by atoms with Crippen LogP contribution in [-0.4, -0.2) is 23.6 Å². The van der Waals surface area contributed by atoms with Crippen molar-refractivity contribution in [2.45, 2.75) is 96.7 Å². The van der Waals surface area contributed by atoms with Crippen molar-refractivity contribution in [3.63, 3.8) is 0 Å². The first-order valence-electron chi connectivity index (χ1n) is 11.4. The van der Waals surface area contributed by atoms with Gasteiger partial charge in [0.15, 0.2) is 0 Å². The monoisotopic (exact) mass is 386 g/mol. The Morgan fingerprint density at radius 1 is 1.04 bits per heavy atom. The van der Waals surface area contributed by atoms with E-state index in [0.717, 1.165) is 43.9 Å². The number of esters is 2. The Morgan fingerprint density at radius 3 is 2.54 bits per heavy atom. The Hall–Kier alpha value is -1.32. The molecule has 0 unspecified atom stereocenters. The zero-order valence-electron chi connectivity index (χ0n) is 17.6. The molecule has 7 atom stereocenters. The van der Waals surface area contributed by atoms with Crippen LogP contribution in [0.5, 0.6) is 0 Å². The van der Waals surface area contributed by atoms with Crippen LogP contribution in [0.1, 0.15) is 85.0 Å². The number of hydrogen-bond acceptors (Lipinski definition) is 4. The summed E-state index contributed by atoms with van der Waals surface area (Å²) in [5, 5.41) is 0. The van der Waals surface area contributed by atoms with E-state index in [1.807, 2.05) is 0 Å². The third kappa shape index (κ3) is 2.42. The van der Waals surface area contributed by atoms with Gasteiger partial charge in [-0.25, -0.2) is 0 Å². The van der Waals surface area contributed by atoms with Gasteiger partial charge in [-0.3, -0.25) is 9.59 Å². The summed E-state index contributed by atoms with van der Waals surface area (Å²) in [5.41, 5.74) is 1.77. The topological polar surface area (TPSA) is 52.6 Å². The van der Waals surface area contributed by atoms with Gasteiger partial charge in [0.05, 0.1) is 0 Å². The molecule has 5 rings (SSSR count). The third-order valence-electron chi connectivity index (χ3n) is 9.72. The third-order valence-corrected chi connectivity index (χ3v) is 9.72. The molecule has 0 N–H and O–H groups in total. The Labute approximate surface area is 168 Å². The lowest BCUT2D eigenvalue weighted by atomic mass is 9.46. The molecule has 0 bridgehead atoms. The Bertz CT molecular complexity index is 741. The fourth-order valence-corrected chi connectivity index (χ4v) is 8.30. The smallest absolute Gasteiger partial charge is 0.306 e. The Balaban J connectivity index is 1.42. The van der Waals surface area contributed by atoms with Crippen LogP contribution in [0.3, 0.4) is 0 Å². The molecule has 1 saturated heterocycles. The second-order valence-electron chi connectivity index (χ2n) is 10.7. The van der Waals surface area contributed by atoms with E-state index in [2.05, 4.69) is 19.9 Å². The van der Waals surface area contributed by atoms with E-state index in [9.17, 15) is 9.59 Å². The van der Waals surface area contributed by atoms with E-state index in [-0.39, 0.29) is 34.5 Å². The van der Waals surface area contributed by atoms with Gasteiger partial charge >= 0.3 is 11.9 Å². The van der Waals surface area contributed by atoms with Crippen molar-refractivity contribution in [1.29, 1.82) is 0 Å². The standard InChI is InChI=1S/C24H34O4/c1-15(25)27-17-6-10-22(2)16(14-17)4-5-18-19(22)7-11-23(3)20(18)8-12-24(23)13-9-21(26)28-24/h14,17-20H,4-13H2,1-3H3/t17-,18+,19-,20-,22-,23+,24+/m1/s1. The number of rotatable bonds is 1. The van der Waals surface area contributed by atoms with Gasteiger partial charge in [0.25, 0.3) is 0 Å². The lowest BCUT2D eigenvalue weighted by Crippen LogP contribution is -2.54. The van der Waals surface area contributed by atoms with Crippen LogP contribution in [0.25, 0.3) is 0 Å². The highest BCUT2D eigenvalue weighted by Gasteiger charge is 2.67. The highest BCUT2D eigenvalue weighted by atomic mass is 16.6. The van der Waals surface area contributed by atoms with E-state index in [4.69, 9.17) is 9.47 Å².